The van der Waals surface area contributed by atoms with Crippen LogP contribution in [0.4, 0.5) is 5.69 Å². The van der Waals surface area contributed by atoms with E-state index < -0.39 is 17.7 Å². The first kappa shape index (κ1) is 21.5. The summed E-state index contributed by atoms with van der Waals surface area (Å²) in [4.78, 5) is 37.5. The molecule has 1 aliphatic rings. The highest BCUT2D eigenvalue weighted by Gasteiger charge is 2.44. The lowest BCUT2D eigenvalue weighted by Crippen LogP contribution is -2.27. The molecular formula is C24H24N4O4. The van der Waals surface area contributed by atoms with E-state index in [9.17, 15) is 9.59 Å². The van der Waals surface area contributed by atoms with E-state index in [1.807, 2.05) is 44.3 Å². The first-order valence-corrected chi connectivity index (χ1v) is 10.4. The Bertz CT molecular complexity index is 1240. The minimum absolute atomic E-state index is 0.0159. The van der Waals surface area contributed by atoms with E-state index in [0.717, 1.165) is 28.6 Å². The Labute approximate surface area is 185 Å². The van der Waals surface area contributed by atoms with Crippen LogP contribution in [0.25, 0.3) is 17.1 Å². The van der Waals surface area contributed by atoms with Crippen molar-refractivity contribution in [1.82, 2.24) is 15.3 Å². The number of allylic oxidation sites excluding steroid dienone is 1. The molecule has 3 heterocycles. The normalized spacial score (nSPS) is 18.5. The largest absolute Gasteiger partial charge is 0.465 e. The molecule has 1 aromatic carbocycles. The summed E-state index contributed by atoms with van der Waals surface area (Å²) in [7, 11) is 1.88. The van der Waals surface area contributed by atoms with Gasteiger partial charge in [-0.3, -0.25) is 9.59 Å². The Morgan fingerprint density at radius 2 is 2.22 bits per heavy atom. The van der Waals surface area contributed by atoms with Crippen LogP contribution < -0.4 is 5.32 Å². The van der Waals surface area contributed by atoms with Gasteiger partial charge in [-0.1, -0.05) is 12.1 Å². The van der Waals surface area contributed by atoms with Crippen molar-refractivity contribution in [2.45, 2.75) is 20.4 Å². The number of pyridine rings is 1. The van der Waals surface area contributed by atoms with Gasteiger partial charge >= 0.3 is 5.97 Å². The van der Waals surface area contributed by atoms with Gasteiger partial charge in [0.2, 0.25) is 11.7 Å². The number of aliphatic imine (C=N–C) groups is 1. The number of H-pyrrole nitrogens is 1. The average molecular weight is 432 g/mol. The SMILES string of the molecule is CCOC(=O)C1C(=O)/C(=C/c2c[nH]c3ncccc23)OC1=Nc1ccc(CNC)cc1C. The Hall–Kier alpha value is -3.78. The molecular weight excluding hydrogens is 408 g/mol. The summed E-state index contributed by atoms with van der Waals surface area (Å²) in [6.07, 6.45) is 5.01. The lowest BCUT2D eigenvalue weighted by Gasteiger charge is -2.08. The van der Waals surface area contributed by atoms with Gasteiger partial charge in [0.15, 0.2) is 11.7 Å². The zero-order chi connectivity index (χ0) is 22.7. The topological polar surface area (TPSA) is 106 Å². The summed E-state index contributed by atoms with van der Waals surface area (Å²) < 4.78 is 11.0. The highest BCUT2D eigenvalue weighted by Crippen LogP contribution is 2.30. The number of aromatic amines is 1. The molecule has 0 aliphatic carbocycles. The van der Waals surface area contributed by atoms with Crippen molar-refractivity contribution in [1.29, 1.82) is 0 Å². The number of Topliss-reactive ketones (excluding diaryl/α,β-unsaturated/α-hetero) is 1. The molecule has 1 unspecified atom stereocenters. The number of ether oxygens (including phenoxy) is 2. The van der Waals surface area contributed by atoms with Gasteiger partial charge < -0.3 is 19.8 Å². The molecule has 8 nitrogen and oxygen atoms in total. The summed E-state index contributed by atoms with van der Waals surface area (Å²) in [6, 6.07) is 9.48. The van der Waals surface area contributed by atoms with E-state index >= 15 is 0 Å². The van der Waals surface area contributed by atoms with E-state index in [0.29, 0.717) is 11.3 Å². The van der Waals surface area contributed by atoms with Crippen LogP contribution in [0.5, 0.6) is 0 Å². The van der Waals surface area contributed by atoms with Gasteiger partial charge in [0, 0.05) is 29.9 Å². The van der Waals surface area contributed by atoms with E-state index in [4.69, 9.17) is 9.47 Å². The number of ketones is 1. The molecule has 164 valence electrons. The number of benzene rings is 1. The van der Waals surface area contributed by atoms with Gasteiger partial charge in [0.25, 0.3) is 0 Å². The van der Waals surface area contributed by atoms with E-state index in [-0.39, 0.29) is 18.3 Å². The van der Waals surface area contributed by atoms with Crippen LogP contribution in [0.1, 0.15) is 23.6 Å². The fourth-order valence-electron chi connectivity index (χ4n) is 3.61. The van der Waals surface area contributed by atoms with Crippen LogP contribution >= 0.6 is 0 Å². The van der Waals surface area contributed by atoms with E-state index in [2.05, 4.69) is 20.3 Å². The van der Waals surface area contributed by atoms with Crippen molar-refractivity contribution in [2.75, 3.05) is 13.7 Å². The zero-order valence-electron chi connectivity index (χ0n) is 18.1. The summed E-state index contributed by atoms with van der Waals surface area (Å²) >= 11 is 0. The molecule has 0 radical (unpaired) electrons. The Kier molecular flexibility index (Phi) is 6.13. The quantitative estimate of drug-likeness (QED) is 0.351. The van der Waals surface area contributed by atoms with Gasteiger partial charge in [-0.15, -0.1) is 0 Å². The molecule has 2 N–H and O–H groups in total. The predicted octanol–water partition coefficient (Wildman–Crippen LogP) is 3.44. The summed E-state index contributed by atoms with van der Waals surface area (Å²) in [5.74, 6) is -2.34. The van der Waals surface area contributed by atoms with Crippen molar-refractivity contribution in [3.8, 4) is 0 Å². The summed E-state index contributed by atoms with van der Waals surface area (Å²) in [5, 5.41) is 3.94. The number of fused-ring (bicyclic) bond motifs is 1. The number of esters is 1. The van der Waals surface area contributed by atoms with Crippen molar-refractivity contribution in [3.63, 3.8) is 0 Å². The Morgan fingerprint density at radius 3 is 2.97 bits per heavy atom. The number of nitrogens with one attached hydrogen (secondary N) is 2. The third-order valence-corrected chi connectivity index (χ3v) is 5.13. The minimum atomic E-state index is -1.24. The molecule has 1 atom stereocenters. The van der Waals surface area contributed by atoms with Gasteiger partial charge in [-0.05, 0) is 56.3 Å². The fourth-order valence-corrected chi connectivity index (χ4v) is 3.61. The molecule has 0 amide bonds. The smallest absolute Gasteiger partial charge is 0.326 e. The van der Waals surface area contributed by atoms with Crippen LogP contribution in [0.15, 0.2) is 53.5 Å². The molecule has 32 heavy (non-hydrogen) atoms. The maximum atomic E-state index is 13.1. The van der Waals surface area contributed by atoms with E-state index in [1.54, 1.807) is 25.4 Å². The zero-order valence-corrected chi connectivity index (χ0v) is 18.1. The van der Waals surface area contributed by atoms with Crippen LogP contribution in [0.3, 0.4) is 0 Å². The lowest BCUT2D eigenvalue weighted by molar-refractivity contribution is -0.147. The number of carbonyl (C=O) groups excluding carboxylic acids is 2. The van der Waals surface area contributed by atoms with Crippen molar-refractivity contribution >= 4 is 40.4 Å². The third kappa shape index (κ3) is 4.17. The molecule has 0 saturated carbocycles. The maximum absolute atomic E-state index is 13.1. The van der Waals surface area contributed by atoms with Crippen LogP contribution in [0.2, 0.25) is 0 Å². The minimum Gasteiger partial charge on any atom is -0.465 e. The number of hydrogen-bond acceptors (Lipinski definition) is 7. The van der Waals surface area contributed by atoms with Gasteiger partial charge in [-0.2, -0.15) is 0 Å². The van der Waals surface area contributed by atoms with Gasteiger partial charge in [-0.25, -0.2) is 9.98 Å². The second-order valence-electron chi connectivity index (χ2n) is 7.40. The molecule has 1 saturated heterocycles. The highest BCUT2D eigenvalue weighted by molar-refractivity contribution is 6.27. The number of hydrogen-bond donors (Lipinski definition) is 2. The first-order valence-electron chi connectivity index (χ1n) is 10.4. The van der Waals surface area contributed by atoms with Gasteiger partial charge in [0.05, 0.1) is 12.3 Å². The monoisotopic (exact) mass is 432 g/mol. The number of nitrogens with zero attached hydrogens (tertiary/aromatic N) is 2. The van der Waals surface area contributed by atoms with Crippen molar-refractivity contribution in [2.24, 2.45) is 10.9 Å². The molecule has 4 rings (SSSR count). The molecule has 1 fully saturated rings. The molecule has 1 aliphatic heterocycles. The van der Waals surface area contributed by atoms with Gasteiger partial charge in [0.1, 0.15) is 5.65 Å². The second kappa shape index (κ2) is 9.15. The average Bonchev–Trinajstić information content (AvgIpc) is 3.32. The number of carbonyl (C=O) groups is 2. The van der Waals surface area contributed by atoms with Crippen LogP contribution in [0, 0.1) is 12.8 Å². The van der Waals surface area contributed by atoms with Crippen LogP contribution in [-0.2, 0) is 25.6 Å². The number of aryl methyl sites for hydroxylation is 1. The molecule has 8 heteroatoms. The Balaban J connectivity index is 1.73. The molecule has 3 aromatic rings. The molecule has 2 aromatic heterocycles. The first-order chi connectivity index (χ1) is 15.5. The Morgan fingerprint density at radius 1 is 1.38 bits per heavy atom. The second-order valence-corrected chi connectivity index (χ2v) is 7.40. The van der Waals surface area contributed by atoms with Crippen molar-refractivity contribution < 1.29 is 19.1 Å². The summed E-state index contributed by atoms with van der Waals surface area (Å²) in [6.45, 7) is 4.49. The number of rotatable bonds is 6. The maximum Gasteiger partial charge on any atom is 0.326 e. The summed E-state index contributed by atoms with van der Waals surface area (Å²) in [5.41, 5.74) is 4.06. The van der Waals surface area contributed by atoms with Crippen LogP contribution in [-0.4, -0.2) is 41.3 Å². The third-order valence-electron chi connectivity index (χ3n) is 5.13. The molecule has 0 spiro atoms. The highest BCUT2D eigenvalue weighted by atomic mass is 16.5. The lowest BCUT2D eigenvalue weighted by atomic mass is 10.0. The fraction of sp³-hybridized carbons (Fsp3) is 0.250. The van der Waals surface area contributed by atoms with E-state index in [1.165, 1.54) is 0 Å². The molecule has 0 bridgehead atoms. The standard InChI is InChI=1S/C24H24N4O4/c1-4-31-24(30)20-21(29)19(11-16-13-27-22-17(16)6-5-9-26-22)32-23(20)28-18-8-7-15(12-25-3)10-14(18)2/h5-11,13,20,25H,4,12H2,1-3H3,(H,26,27)/b19-11-,28-23?. The predicted molar refractivity (Wildman–Crippen MR) is 121 cm³/mol. The van der Waals surface area contributed by atoms with Crippen molar-refractivity contribution in [3.05, 3.63) is 65.2 Å². The number of aromatic nitrogens is 2.